The van der Waals surface area contributed by atoms with E-state index in [2.05, 4.69) is 5.32 Å². The Kier molecular flexibility index (Phi) is 4.35. The Hall–Kier alpha value is -0.940. The first-order valence-electron chi connectivity index (χ1n) is 6.80. The van der Waals surface area contributed by atoms with Crippen molar-refractivity contribution >= 4 is 11.7 Å². The second kappa shape index (κ2) is 5.80. The summed E-state index contributed by atoms with van der Waals surface area (Å²) in [6.45, 7) is 5.37. The maximum Gasteiger partial charge on any atom is 0.239 e. The summed E-state index contributed by atoms with van der Waals surface area (Å²) >= 11 is 0. The third-order valence-corrected chi connectivity index (χ3v) is 3.71. The van der Waals surface area contributed by atoms with Crippen LogP contribution in [0, 0.1) is 0 Å². The number of nitrogens with one attached hydrogen (secondary N) is 1. The Balaban J connectivity index is 1.99. The molecule has 0 aromatic carbocycles. The van der Waals surface area contributed by atoms with Gasteiger partial charge in [-0.05, 0) is 19.8 Å². The van der Waals surface area contributed by atoms with Gasteiger partial charge < -0.3 is 10.1 Å². The van der Waals surface area contributed by atoms with Crippen LogP contribution >= 0.6 is 0 Å². The molecule has 0 radical (unpaired) electrons. The highest BCUT2D eigenvalue weighted by Gasteiger charge is 2.36. The molecule has 2 rings (SSSR count). The van der Waals surface area contributed by atoms with Gasteiger partial charge >= 0.3 is 0 Å². The highest BCUT2D eigenvalue weighted by molar-refractivity contribution is 5.86. The lowest BCUT2D eigenvalue weighted by molar-refractivity contribution is -0.138. The van der Waals surface area contributed by atoms with Crippen LogP contribution in [-0.2, 0) is 14.3 Å². The third kappa shape index (κ3) is 3.09. The molecule has 102 valence electrons. The van der Waals surface area contributed by atoms with Crippen molar-refractivity contribution in [2.45, 2.75) is 51.2 Å². The molecular formula is C13H22N2O3. The summed E-state index contributed by atoms with van der Waals surface area (Å²) in [6.07, 6.45) is 2.65. The van der Waals surface area contributed by atoms with Gasteiger partial charge in [0.05, 0.1) is 19.3 Å². The smallest absolute Gasteiger partial charge is 0.239 e. The van der Waals surface area contributed by atoms with Crippen LogP contribution in [0.5, 0.6) is 0 Å². The second-order valence-electron chi connectivity index (χ2n) is 5.11. The first-order chi connectivity index (χ1) is 8.63. The normalized spacial score (nSPS) is 26.7. The van der Waals surface area contributed by atoms with Gasteiger partial charge in [0.1, 0.15) is 11.8 Å². The zero-order valence-corrected chi connectivity index (χ0v) is 11.1. The Morgan fingerprint density at radius 2 is 2.17 bits per heavy atom. The number of hydrogen-bond donors (Lipinski definition) is 1. The molecule has 2 unspecified atom stereocenters. The number of carbonyl (C=O) groups excluding carboxylic acids is 2. The molecule has 1 N–H and O–H groups in total. The van der Waals surface area contributed by atoms with Crippen LogP contribution in [0.15, 0.2) is 0 Å². The summed E-state index contributed by atoms with van der Waals surface area (Å²) in [4.78, 5) is 25.9. The summed E-state index contributed by atoms with van der Waals surface area (Å²) in [7, 11) is 0. The summed E-state index contributed by atoms with van der Waals surface area (Å²) in [5.74, 6) is 0.189. The van der Waals surface area contributed by atoms with E-state index in [-0.39, 0.29) is 23.8 Å². The average molecular weight is 254 g/mol. The van der Waals surface area contributed by atoms with Gasteiger partial charge in [0.25, 0.3) is 0 Å². The minimum absolute atomic E-state index is 0.00736. The molecule has 0 bridgehead atoms. The van der Waals surface area contributed by atoms with Crippen molar-refractivity contribution in [2.24, 2.45) is 0 Å². The number of nitrogens with zero attached hydrogens (tertiary/aromatic N) is 1. The van der Waals surface area contributed by atoms with Crippen LogP contribution in [0.4, 0.5) is 0 Å². The minimum Gasteiger partial charge on any atom is -0.378 e. The maximum absolute atomic E-state index is 12.1. The van der Waals surface area contributed by atoms with E-state index in [0.29, 0.717) is 32.2 Å². The van der Waals surface area contributed by atoms with Crippen molar-refractivity contribution in [1.29, 1.82) is 0 Å². The van der Waals surface area contributed by atoms with Gasteiger partial charge in [0.2, 0.25) is 5.91 Å². The third-order valence-electron chi connectivity index (χ3n) is 3.71. The molecule has 18 heavy (non-hydrogen) atoms. The van der Waals surface area contributed by atoms with Gasteiger partial charge in [-0.3, -0.25) is 14.5 Å². The molecule has 5 nitrogen and oxygen atoms in total. The van der Waals surface area contributed by atoms with Crippen molar-refractivity contribution in [3.05, 3.63) is 0 Å². The molecule has 2 fully saturated rings. The van der Waals surface area contributed by atoms with E-state index in [1.807, 2.05) is 18.7 Å². The number of amides is 1. The van der Waals surface area contributed by atoms with Crippen LogP contribution in [0.2, 0.25) is 0 Å². The standard InChI is InChI=1S/C13H22N2O3/c1-3-12(16)9(2)15-6-7-18-8-11(15)13(17)14-10-4-5-10/h9-11H,3-8H2,1-2H3,(H,14,17). The van der Waals surface area contributed by atoms with Gasteiger partial charge in [0.15, 0.2) is 0 Å². The molecule has 0 aromatic rings. The van der Waals surface area contributed by atoms with Crippen LogP contribution in [0.1, 0.15) is 33.1 Å². The lowest BCUT2D eigenvalue weighted by Crippen LogP contribution is -2.58. The van der Waals surface area contributed by atoms with Crippen molar-refractivity contribution < 1.29 is 14.3 Å². The summed E-state index contributed by atoms with van der Waals surface area (Å²) < 4.78 is 5.39. The molecular weight excluding hydrogens is 232 g/mol. The Labute approximate surface area is 108 Å². The number of carbonyl (C=O) groups is 2. The topological polar surface area (TPSA) is 58.6 Å². The van der Waals surface area contributed by atoms with Gasteiger partial charge in [-0.25, -0.2) is 0 Å². The van der Waals surface area contributed by atoms with Crippen LogP contribution in [0.25, 0.3) is 0 Å². The van der Waals surface area contributed by atoms with Crippen LogP contribution in [-0.4, -0.2) is 54.5 Å². The molecule has 0 aromatic heterocycles. The van der Waals surface area contributed by atoms with Gasteiger partial charge in [-0.15, -0.1) is 0 Å². The molecule has 1 aliphatic heterocycles. The molecule has 2 aliphatic rings. The quantitative estimate of drug-likeness (QED) is 0.768. The molecule has 1 amide bonds. The van der Waals surface area contributed by atoms with Crippen LogP contribution < -0.4 is 5.32 Å². The fourth-order valence-electron chi connectivity index (χ4n) is 2.31. The van der Waals surface area contributed by atoms with Gasteiger partial charge in [-0.1, -0.05) is 6.92 Å². The first-order valence-corrected chi connectivity index (χ1v) is 6.80. The Morgan fingerprint density at radius 1 is 1.44 bits per heavy atom. The minimum atomic E-state index is -0.315. The second-order valence-corrected chi connectivity index (χ2v) is 5.11. The maximum atomic E-state index is 12.1. The number of morpholine rings is 1. The zero-order valence-electron chi connectivity index (χ0n) is 11.1. The van der Waals surface area contributed by atoms with E-state index in [1.165, 1.54) is 0 Å². The predicted molar refractivity (Wildman–Crippen MR) is 67.2 cm³/mol. The number of ketones is 1. The summed E-state index contributed by atoms with van der Waals surface area (Å²) in [6, 6.07) is -0.169. The highest BCUT2D eigenvalue weighted by atomic mass is 16.5. The van der Waals surface area contributed by atoms with Crippen molar-refractivity contribution in [1.82, 2.24) is 10.2 Å². The van der Waals surface area contributed by atoms with Gasteiger partial charge in [0, 0.05) is 19.0 Å². The van der Waals surface area contributed by atoms with Gasteiger partial charge in [-0.2, -0.15) is 0 Å². The Bertz CT molecular complexity index is 328. The zero-order chi connectivity index (χ0) is 13.1. The summed E-state index contributed by atoms with van der Waals surface area (Å²) in [5.41, 5.74) is 0. The number of ether oxygens (including phenoxy) is 1. The van der Waals surface area contributed by atoms with Crippen molar-refractivity contribution in [3.8, 4) is 0 Å². The number of Topliss-reactive ketones (excluding diaryl/α,β-unsaturated/α-hetero) is 1. The summed E-state index contributed by atoms with van der Waals surface area (Å²) in [5, 5.41) is 2.99. The fourth-order valence-corrected chi connectivity index (χ4v) is 2.31. The average Bonchev–Trinajstić information content (AvgIpc) is 3.20. The number of hydrogen-bond acceptors (Lipinski definition) is 4. The monoisotopic (exact) mass is 254 g/mol. The Morgan fingerprint density at radius 3 is 2.78 bits per heavy atom. The molecule has 0 spiro atoms. The molecule has 1 aliphatic carbocycles. The van der Waals surface area contributed by atoms with E-state index in [9.17, 15) is 9.59 Å². The molecule has 5 heteroatoms. The van der Waals surface area contributed by atoms with E-state index in [4.69, 9.17) is 4.74 Å². The molecule has 1 saturated carbocycles. The van der Waals surface area contributed by atoms with Crippen molar-refractivity contribution in [3.63, 3.8) is 0 Å². The lowest BCUT2D eigenvalue weighted by Gasteiger charge is -2.37. The van der Waals surface area contributed by atoms with Crippen LogP contribution in [0.3, 0.4) is 0 Å². The first kappa shape index (κ1) is 13.5. The van der Waals surface area contributed by atoms with E-state index in [1.54, 1.807) is 0 Å². The molecule has 1 saturated heterocycles. The number of rotatable bonds is 5. The van der Waals surface area contributed by atoms with E-state index < -0.39 is 0 Å². The fraction of sp³-hybridized carbons (Fsp3) is 0.846. The highest BCUT2D eigenvalue weighted by Crippen LogP contribution is 2.20. The molecule has 2 atom stereocenters. The SMILES string of the molecule is CCC(=O)C(C)N1CCOCC1C(=O)NC1CC1. The van der Waals surface area contributed by atoms with Crippen molar-refractivity contribution in [2.75, 3.05) is 19.8 Å². The lowest BCUT2D eigenvalue weighted by atomic mass is 10.1. The predicted octanol–water partition coefficient (Wildman–Crippen LogP) is 0.333. The largest absolute Gasteiger partial charge is 0.378 e. The van der Waals surface area contributed by atoms with E-state index in [0.717, 1.165) is 12.8 Å². The van der Waals surface area contributed by atoms with E-state index >= 15 is 0 Å². The molecule has 1 heterocycles.